The van der Waals surface area contributed by atoms with Crippen molar-refractivity contribution in [3.63, 3.8) is 0 Å². The average molecular weight is 232 g/mol. The Kier molecular flexibility index (Phi) is 4.62. The summed E-state index contributed by atoms with van der Waals surface area (Å²) in [5.41, 5.74) is 7.41. The van der Waals surface area contributed by atoms with Crippen LogP contribution in [0.2, 0.25) is 0 Å². The summed E-state index contributed by atoms with van der Waals surface area (Å²) in [6.45, 7) is 1.53. The number of nitrogens with two attached hydrogens (primary N) is 1. The van der Waals surface area contributed by atoms with Crippen molar-refractivity contribution in [3.05, 3.63) is 35.4 Å². The van der Waals surface area contributed by atoms with Crippen LogP contribution in [-0.4, -0.2) is 10.9 Å². The lowest BCUT2D eigenvalue weighted by Crippen LogP contribution is -1.92. The van der Waals surface area contributed by atoms with E-state index in [4.69, 9.17) is 11.0 Å². The van der Waals surface area contributed by atoms with Crippen molar-refractivity contribution in [2.45, 2.75) is 6.92 Å². The van der Waals surface area contributed by atoms with E-state index in [-0.39, 0.29) is 5.12 Å². The van der Waals surface area contributed by atoms with Gasteiger partial charge >= 0.3 is 0 Å². The van der Waals surface area contributed by atoms with Gasteiger partial charge in [-0.15, -0.1) is 0 Å². The molecule has 0 aliphatic carbocycles. The van der Waals surface area contributed by atoms with Gasteiger partial charge in [-0.3, -0.25) is 4.79 Å². The van der Waals surface area contributed by atoms with Crippen molar-refractivity contribution in [2.75, 3.05) is 11.5 Å². The molecule has 0 heterocycles. The molecular weight excluding hydrogens is 220 g/mol. The van der Waals surface area contributed by atoms with Crippen LogP contribution in [0.1, 0.15) is 18.1 Å². The summed E-state index contributed by atoms with van der Waals surface area (Å²) in [5, 5.41) is 9.00. The molecule has 1 aromatic rings. The molecule has 16 heavy (non-hydrogen) atoms. The zero-order valence-electron chi connectivity index (χ0n) is 8.93. The van der Waals surface area contributed by atoms with Gasteiger partial charge in [-0.05, 0) is 11.6 Å². The lowest BCUT2D eigenvalue weighted by atomic mass is 10.1. The van der Waals surface area contributed by atoms with Crippen LogP contribution in [0.3, 0.4) is 0 Å². The fourth-order valence-electron chi connectivity index (χ4n) is 1.20. The Morgan fingerprint density at radius 3 is 3.00 bits per heavy atom. The smallest absolute Gasteiger partial charge is 0.186 e. The predicted molar refractivity (Wildman–Crippen MR) is 67.7 cm³/mol. The third-order valence-corrected chi connectivity index (χ3v) is 2.69. The van der Waals surface area contributed by atoms with Crippen LogP contribution >= 0.6 is 11.8 Å². The molecule has 0 bridgehead atoms. The maximum absolute atomic E-state index is 10.7. The monoisotopic (exact) mass is 232 g/mol. The van der Waals surface area contributed by atoms with Gasteiger partial charge in [0, 0.05) is 12.7 Å². The number of hydrogen-bond acceptors (Lipinski definition) is 4. The lowest BCUT2D eigenvalue weighted by molar-refractivity contribution is -0.109. The summed E-state index contributed by atoms with van der Waals surface area (Å²) in [6, 6.07) is 7.38. The topological polar surface area (TPSA) is 66.9 Å². The third-order valence-electron chi connectivity index (χ3n) is 1.92. The fourth-order valence-corrected chi connectivity index (χ4v) is 1.62. The molecule has 0 amide bonds. The quantitative estimate of drug-likeness (QED) is 0.813. The second kappa shape index (κ2) is 5.99. The molecule has 0 unspecified atom stereocenters. The molecule has 3 nitrogen and oxygen atoms in total. The molecule has 0 fully saturated rings. The number of benzene rings is 1. The molecule has 1 rings (SSSR count). The predicted octanol–water partition coefficient (Wildman–Crippen LogP) is 2.43. The van der Waals surface area contributed by atoms with E-state index in [0.29, 0.717) is 17.0 Å². The summed E-state index contributed by atoms with van der Waals surface area (Å²) in [6.07, 6.45) is 3.66. The van der Waals surface area contributed by atoms with Crippen LogP contribution in [0.5, 0.6) is 0 Å². The minimum Gasteiger partial charge on any atom is -0.398 e. The van der Waals surface area contributed by atoms with Crippen LogP contribution in [0, 0.1) is 11.3 Å². The average Bonchev–Trinajstić information content (AvgIpc) is 2.24. The Labute approximate surface area is 98.9 Å². The molecule has 2 N–H and O–H groups in total. The van der Waals surface area contributed by atoms with Gasteiger partial charge in [-0.2, -0.15) is 5.26 Å². The highest BCUT2D eigenvalue weighted by Crippen LogP contribution is 2.17. The van der Waals surface area contributed by atoms with Crippen molar-refractivity contribution in [3.8, 4) is 6.07 Å². The molecular formula is C12H12N2OS. The number of hydrogen-bond donors (Lipinski definition) is 1. The molecule has 1 aromatic carbocycles. The minimum atomic E-state index is 0.0812. The molecule has 82 valence electrons. The first-order chi connectivity index (χ1) is 7.65. The number of anilines is 1. The van der Waals surface area contributed by atoms with Gasteiger partial charge in [0.1, 0.15) is 6.07 Å². The standard InChI is InChI=1S/C12H12N2OS/c1-9(15)16-7-3-5-10-4-2-6-12(14)11(10)8-13/h2-6H,7,14H2,1H3. The Morgan fingerprint density at radius 2 is 2.38 bits per heavy atom. The van der Waals surface area contributed by atoms with E-state index in [9.17, 15) is 4.79 Å². The number of carbonyl (C=O) groups excluding carboxylic acids is 1. The van der Waals surface area contributed by atoms with Crippen molar-refractivity contribution in [1.29, 1.82) is 5.26 Å². The van der Waals surface area contributed by atoms with Crippen LogP contribution in [0.25, 0.3) is 6.08 Å². The molecule has 0 aliphatic heterocycles. The molecule has 4 heteroatoms. The Hall–Kier alpha value is -1.73. The molecule has 0 radical (unpaired) electrons. The van der Waals surface area contributed by atoms with Crippen LogP contribution in [0.4, 0.5) is 5.69 Å². The number of nitriles is 1. The highest BCUT2D eigenvalue weighted by atomic mass is 32.2. The molecule has 0 aliphatic rings. The maximum Gasteiger partial charge on any atom is 0.186 e. The van der Waals surface area contributed by atoms with E-state index in [1.807, 2.05) is 18.2 Å². The lowest BCUT2D eigenvalue weighted by Gasteiger charge is -2.00. The van der Waals surface area contributed by atoms with Gasteiger partial charge in [0.2, 0.25) is 0 Å². The second-order valence-corrected chi connectivity index (χ2v) is 4.33. The van der Waals surface area contributed by atoms with Crippen LogP contribution in [-0.2, 0) is 4.79 Å². The number of carbonyl (C=O) groups is 1. The van der Waals surface area contributed by atoms with E-state index in [1.165, 1.54) is 18.7 Å². The van der Waals surface area contributed by atoms with Gasteiger partial charge in [0.15, 0.2) is 5.12 Å². The van der Waals surface area contributed by atoms with Gasteiger partial charge in [-0.1, -0.05) is 36.0 Å². The van der Waals surface area contributed by atoms with Gasteiger partial charge in [0.25, 0.3) is 0 Å². The summed E-state index contributed by atoms with van der Waals surface area (Å²) in [5.74, 6) is 0.606. The highest BCUT2D eigenvalue weighted by Gasteiger charge is 2.01. The molecule has 0 aromatic heterocycles. The first-order valence-electron chi connectivity index (χ1n) is 4.73. The van der Waals surface area contributed by atoms with Gasteiger partial charge in [-0.25, -0.2) is 0 Å². The Balaban J connectivity index is 2.78. The highest BCUT2D eigenvalue weighted by molar-refractivity contribution is 8.13. The number of nitrogen functional groups attached to an aromatic ring is 1. The van der Waals surface area contributed by atoms with Crippen molar-refractivity contribution in [2.24, 2.45) is 0 Å². The third kappa shape index (κ3) is 3.44. The Morgan fingerprint density at radius 1 is 1.62 bits per heavy atom. The van der Waals surface area contributed by atoms with E-state index in [0.717, 1.165) is 5.56 Å². The zero-order valence-corrected chi connectivity index (χ0v) is 9.75. The first-order valence-corrected chi connectivity index (χ1v) is 5.72. The number of thioether (sulfide) groups is 1. The van der Waals surface area contributed by atoms with E-state index < -0.39 is 0 Å². The Bertz CT molecular complexity index is 461. The molecule has 0 saturated heterocycles. The number of nitrogens with zero attached hydrogens (tertiary/aromatic N) is 1. The van der Waals surface area contributed by atoms with E-state index in [2.05, 4.69) is 6.07 Å². The minimum absolute atomic E-state index is 0.0812. The summed E-state index contributed by atoms with van der Waals surface area (Å²) >= 11 is 1.23. The van der Waals surface area contributed by atoms with Gasteiger partial charge in [0.05, 0.1) is 11.3 Å². The van der Waals surface area contributed by atoms with Crippen LogP contribution in [0.15, 0.2) is 24.3 Å². The SMILES string of the molecule is CC(=O)SCC=Cc1cccc(N)c1C#N. The zero-order chi connectivity index (χ0) is 12.0. The normalized spacial score (nSPS) is 10.2. The van der Waals surface area contributed by atoms with E-state index in [1.54, 1.807) is 12.1 Å². The summed E-state index contributed by atoms with van der Waals surface area (Å²) < 4.78 is 0. The van der Waals surface area contributed by atoms with E-state index >= 15 is 0 Å². The second-order valence-electron chi connectivity index (χ2n) is 3.13. The number of rotatable bonds is 3. The molecule has 0 atom stereocenters. The largest absolute Gasteiger partial charge is 0.398 e. The summed E-state index contributed by atoms with van der Waals surface area (Å²) in [4.78, 5) is 10.7. The van der Waals surface area contributed by atoms with Crippen molar-refractivity contribution in [1.82, 2.24) is 0 Å². The van der Waals surface area contributed by atoms with Crippen molar-refractivity contribution < 1.29 is 4.79 Å². The molecule has 0 spiro atoms. The summed E-state index contributed by atoms with van der Waals surface area (Å²) in [7, 11) is 0. The van der Waals surface area contributed by atoms with Crippen LogP contribution < -0.4 is 5.73 Å². The van der Waals surface area contributed by atoms with Gasteiger partial charge < -0.3 is 5.73 Å². The maximum atomic E-state index is 10.7. The fraction of sp³-hybridized carbons (Fsp3) is 0.167. The first kappa shape index (κ1) is 12.3. The van der Waals surface area contributed by atoms with Crippen molar-refractivity contribution >= 4 is 28.6 Å². The molecule has 0 saturated carbocycles.